The summed E-state index contributed by atoms with van der Waals surface area (Å²) < 4.78 is 5.39. The molecule has 1 aliphatic rings. The highest BCUT2D eigenvalue weighted by Gasteiger charge is 2.29. The number of rotatable bonds is 5. The fourth-order valence-corrected chi connectivity index (χ4v) is 1.32. The zero-order valence-electron chi connectivity index (χ0n) is 8.65. The Kier molecular flexibility index (Phi) is 4.25. The van der Waals surface area contributed by atoms with Crippen molar-refractivity contribution >= 4 is 6.21 Å². The van der Waals surface area contributed by atoms with Crippen molar-refractivity contribution in [3.8, 4) is 0 Å². The normalized spacial score (nSPS) is 30.9. The van der Waals surface area contributed by atoms with Crippen molar-refractivity contribution in [3.05, 3.63) is 12.3 Å². The summed E-state index contributed by atoms with van der Waals surface area (Å²) in [6, 6.07) is -0.210. The van der Waals surface area contributed by atoms with E-state index in [4.69, 9.17) is 16.2 Å². The monoisotopic (exact) mass is 197 g/mol. The van der Waals surface area contributed by atoms with Crippen LogP contribution in [-0.2, 0) is 4.74 Å². The van der Waals surface area contributed by atoms with E-state index in [2.05, 4.69) is 11.9 Å². The van der Waals surface area contributed by atoms with Crippen LogP contribution in [0.25, 0.3) is 0 Å². The number of aliphatic imine (C=N–C) groups is 1. The predicted octanol–water partition coefficient (Wildman–Crippen LogP) is 0.426. The summed E-state index contributed by atoms with van der Waals surface area (Å²) >= 11 is 0. The Hall–Kier alpha value is -0.710. The lowest BCUT2D eigenvalue weighted by Crippen LogP contribution is -2.56. The molecule has 0 aromatic heterocycles. The van der Waals surface area contributed by atoms with Crippen LogP contribution in [0.1, 0.15) is 19.8 Å². The maximum atomic E-state index is 6.10. The van der Waals surface area contributed by atoms with E-state index in [9.17, 15) is 0 Å². The van der Waals surface area contributed by atoms with E-state index < -0.39 is 5.54 Å². The average molecular weight is 197 g/mol. The molecule has 0 bridgehead atoms. The van der Waals surface area contributed by atoms with E-state index in [1.54, 1.807) is 12.4 Å². The van der Waals surface area contributed by atoms with Crippen LogP contribution < -0.4 is 11.5 Å². The van der Waals surface area contributed by atoms with Gasteiger partial charge in [0, 0.05) is 25.6 Å². The predicted molar refractivity (Wildman–Crippen MR) is 58.3 cm³/mol. The van der Waals surface area contributed by atoms with Crippen molar-refractivity contribution in [1.82, 2.24) is 0 Å². The largest absolute Gasteiger partial charge is 0.381 e. The van der Waals surface area contributed by atoms with Gasteiger partial charge in [0.25, 0.3) is 0 Å². The molecular weight excluding hydrogens is 178 g/mol. The Balaban J connectivity index is 2.34. The van der Waals surface area contributed by atoms with Gasteiger partial charge in [0.1, 0.15) is 0 Å². The van der Waals surface area contributed by atoms with Crippen molar-refractivity contribution in [2.24, 2.45) is 16.5 Å². The maximum Gasteiger partial charge on any atom is 0.0620 e. The first kappa shape index (κ1) is 11.4. The molecule has 0 fully saturated rings. The van der Waals surface area contributed by atoms with Gasteiger partial charge >= 0.3 is 0 Å². The first-order chi connectivity index (χ1) is 6.69. The lowest BCUT2D eigenvalue weighted by Gasteiger charge is -2.31. The Morgan fingerprint density at radius 2 is 2.29 bits per heavy atom. The molecule has 0 aliphatic carbocycles. The summed E-state index contributed by atoms with van der Waals surface area (Å²) in [4.78, 5) is 3.95. The van der Waals surface area contributed by atoms with Crippen LogP contribution >= 0.6 is 0 Å². The van der Waals surface area contributed by atoms with Crippen molar-refractivity contribution < 1.29 is 4.74 Å². The van der Waals surface area contributed by atoms with Crippen LogP contribution in [0.5, 0.6) is 0 Å². The van der Waals surface area contributed by atoms with Crippen molar-refractivity contribution in [1.29, 1.82) is 0 Å². The first-order valence-corrected chi connectivity index (χ1v) is 5.02. The van der Waals surface area contributed by atoms with E-state index in [1.807, 2.05) is 6.08 Å². The minimum atomic E-state index is -0.491. The number of ether oxygens (including phenoxy) is 1. The highest BCUT2D eigenvalue weighted by Crippen LogP contribution is 2.15. The van der Waals surface area contributed by atoms with Crippen LogP contribution in [0.4, 0.5) is 0 Å². The molecule has 0 aromatic rings. The molecule has 4 N–H and O–H groups in total. The minimum Gasteiger partial charge on any atom is -0.381 e. The zero-order chi connectivity index (χ0) is 10.4. The van der Waals surface area contributed by atoms with Crippen molar-refractivity contribution in [3.63, 3.8) is 0 Å². The summed E-state index contributed by atoms with van der Waals surface area (Å²) in [7, 11) is 0. The van der Waals surface area contributed by atoms with Gasteiger partial charge in [-0.05, 0) is 18.9 Å². The van der Waals surface area contributed by atoms with Crippen LogP contribution in [0.15, 0.2) is 17.3 Å². The molecule has 0 amide bonds. The molecule has 4 nitrogen and oxygen atoms in total. The fourth-order valence-electron chi connectivity index (χ4n) is 1.32. The number of hydrogen-bond donors (Lipinski definition) is 2. The van der Waals surface area contributed by atoms with Crippen molar-refractivity contribution in [2.75, 3.05) is 13.2 Å². The first-order valence-electron chi connectivity index (χ1n) is 5.02. The molecule has 80 valence electrons. The van der Waals surface area contributed by atoms with Gasteiger partial charge in [-0.3, -0.25) is 4.99 Å². The van der Waals surface area contributed by atoms with Crippen LogP contribution in [0, 0.1) is 0 Å². The van der Waals surface area contributed by atoms with Crippen LogP contribution in [0.3, 0.4) is 0 Å². The number of hydrogen-bond acceptors (Lipinski definition) is 4. The third kappa shape index (κ3) is 2.90. The van der Waals surface area contributed by atoms with E-state index in [0.717, 1.165) is 19.4 Å². The molecule has 0 radical (unpaired) electrons. The molecule has 2 atom stereocenters. The molecule has 2 unspecified atom stereocenters. The van der Waals surface area contributed by atoms with Crippen molar-refractivity contribution in [2.45, 2.75) is 31.3 Å². The fraction of sp³-hybridized carbons (Fsp3) is 0.700. The van der Waals surface area contributed by atoms with Gasteiger partial charge in [0.2, 0.25) is 0 Å². The van der Waals surface area contributed by atoms with Gasteiger partial charge in [-0.15, -0.1) is 0 Å². The number of nitrogens with zero attached hydrogens (tertiary/aromatic N) is 1. The molecule has 1 rings (SSSR count). The smallest absolute Gasteiger partial charge is 0.0620 e. The second-order valence-electron chi connectivity index (χ2n) is 3.61. The summed E-state index contributed by atoms with van der Waals surface area (Å²) in [5.41, 5.74) is 11.5. The molecule has 1 heterocycles. The Morgan fingerprint density at radius 3 is 2.93 bits per heavy atom. The van der Waals surface area contributed by atoms with Gasteiger partial charge in [-0.1, -0.05) is 6.92 Å². The molecule has 0 spiro atoms. The third-order valence-corrected chi connectivity index (χ3v) is 2.37. The summed E-state index contributed by atoms with van der Waals surface area (Å²) in [5.74, 6) is 0. The second kappa shape index (κ2) is 5.24. The zero-order valence-corrected chi connectivity index (χ0v) is 8.65. The third-order valence-electron chi connectivity index (χ3n) is 2.37. The highest BCUT2D eigenvalue weighted by molar-refractivity contribution is 5.69. The van der Waals surface area contributed by atoms with Crippen LogP contribution in [-0.4, -0.2) is 31.0 Å². The van der Waals surface area contributed by atoms with Gasteiger partial charge < -0.3 is 16.2 Å². The Morgan fingerprint density at radius 1 is 1.50 bits per heavy atom. The van der Waals surface area contributed by atoms with E-state index in [-0.39, 0.29) is 6.04 Å². The summed E-state index contributed by atoms with van der Waals surface area (Å²) in [6.07, 6.45) is 6.99. The van der Waals surface area contributed by atoms with Gasteiger partial charge in [-0.2, -0.15) is 0 Å². The Bertz CT molecular complexity index is 227. The van der Waals surface area contributed by atoms with E-state index >= 15 is 0 Å². The van der Waals surface area contributed by atoms with Gasteiger partial charge in [0.05, 0.1) is 11.6 Å². The molecule has 0 saturated carbocycles. The quantitative estimate of drug-likeness (QED) is 0.627. The lowest BCUT2D eigenvalue weighted by molar-refractivity contribution is 0.120. The molecule has 14 heavy (non-hydrogen) atoms. The minimum absolute atomic E-state index is 0.210. The molecule has 1 aliphatic heterocycles. The summed E-state index contributed by atoms with van der Waals surface area (Å²) in [6.45, 7) is 3.51. The SMILES string of the molecule is CCCOCCC1(N)C=CN=CC1N. The van der Waals surface area contributed by atoms with E-state index in [0.29, 0.717) is 6.61 Å². The number of nitrogens with two attached hydrogens (primary N) is 2. The topological polar surface area (TPSA) is 73.6 Å². The Labute approximate surface area is 85.0 Å². The highest BCUT2D eigenvalue weighted by atomic mass is 16.5. The maximum absolute atomic E-state index is 6.10. The molecule has 0 saturated heterocycles. The molecule has 4 heteroatoms. The standard InChI is InChI=1S/C10H19N3O/c1-2-6-14-7-4-10(12)3-5-13-8-9(10)11/h3,5,8-9H,2,4,6-7,11-12H2,1H3. The lowest BCUT2D eigenvalue weighted by atomic mass is 9.88. The van der Waals surface area contributed by atoms with E-state index in [1.165, 1.54) is 0 Å². The van der Waals surface area contributed by atoms with Crippen LogP contribution in [0.2, 0.25) is 0 Å². The molecular formula is C10H19N3O. The average Bonchev–Trinajstić information content (AvgIpc) is 2.18. The van der Waals surface area contributed by atoms with Gasteiger partial charge in [0.15, 0.2) is 0 Å². The summed E-state index contributed by atoms with van der Waals surface area (Å²) in [5, 5.41) is 0. The molecule has 0 aromatic carbocycles. The second-order valence-corrected chi connectivity index (χ2v) is 3.61. The van der Waals surface area contributed by atoms with Gasteiger partial charge in [-0.25, -0.2) is 0 Å².